The fourth-order valence-electron chi connectivity index (χ4n) is 2.65. The molecule has 116 valence electrons. The monoisotopic (exact) mass is 311 g/mol. The van der Waals surface area contributed by atoms with Gasteiger partial charge in [-0.05, 0) is 25.5 Å². The van der Waals surface area contributed by atoms with Crippen molar-refractivity contribution in [2.24, 2.45) is 0 Å². The van der Waals surface area contributed by atoms with E-state index in [0.717, 1.165) is 5.56 Å². The zero-order valence-corrected chi connectivity index (χ0v) is 12.8. The van der Waals surface area contributed by atoms with E-state index in [-0.39, 0.29) is 17.2 Å². The fraction of sp³-hybridized carbons (Fsp3) is 0.200. The summed E-state index contributed by atoms with van der Waals surface area (Å²) in [4.78, 5) is 16.7. The predicted octanol–water partition coefficient (Wildman–Crippen LogP) is 2.33. The molecule has 0 atom stereocenters. The van der Waals surface area contributed by atoms with E-state index in [1.54, 1.807) is 18.9 Å². The average molecular weight is 311 g/mol. The lowest BCUT2D eigenvalue weighted by Gasteiger charge is -2.23. The van der Waals surface area contributed by atoms with E-state index in [1.165, 1.54) is 12.4 Å². The SMILES string of the molecule is Cc1cc(C#N)nc(F)c1N(C)c1nc(N)c2[nH]cnc2c1C. The third-order valence-corrected chi connectivity index (χ3v) is 3.72. The van der Waals surface area contributed by atoms with Gasteiger partial charge >= 0.3 is 0 Å². The molecule has 0 spiro atoms. The maximum absolute atomic E-state index is 14.3. The predicted molar refractivity (Wildman–Crippen MR) is 84.7 cm³/mol. The number of aromatic nitrogens is 4. The van der Waals surface area contributed by atoms with Gasteiger partial charge < -0.3 is 15.6 Å². The molecule has 3 N–H and O–H groups in total. The second kappa shape index (κ2) is 5.21. The van der Waals surface area contributed by atoms with Gasteiger partial charge in [0.25, 0.3) is 0 Å². The quantitative estimate of drug-likeness (QED) is 0.703. The molecule has 0 saturated carbocycles. The number of aryl methyl sites for hydroxylation is 2. The van der Waals surface area contributed by atoms with Gasteiger partial charge in [-0.25, -0.2) is 15.0 Å². The summed E-state index contributed by atoms with van der Waals surface area (Å²) < 4.78 is 14.3. The second-order valence-electron chi connectivity index (χ2n) is 5.21. The summed E-state index contributed by atoms with van der Waals surface area (Å²) in [5.41, 5.74) is 8.90. The Kier molecular flexibility index (Phi) is 3.33. The first-order chi connectivity index (χ1) is 10.9. The molecule has 0 radical (unpaired) electrons. The number of aromatic amines is 1. The molecule has 3 aromatic rings. The summed E-state index contributed by atoms with van der Waals surface area (Å²) >= 11 is 0. The molecule has 0 aliphatic heterocycles. The Balaban J connectivity index is 2.20. The van der Waals surface area contributed by atoms with Crippen molar-refractivity contribution in [1.82, 2.24) is 19.9 Å². The van der Waals surface area contributed by atoms with Crippen LogP contribution in [0.5, 0.6) is 0 Å². The highest BCUT2D eigenvalue weighted by Crippen LogP contribution is 2.33. The van der Waals surface area contributed by atoms with Crippen LogP contribution in [0.3, 0.4) is 0 Å². The van der Waals surface area contributed by atoms with Crippen LogP contribution in [0.15, 0.2) is 12.4 Å². The lowest BCUT2D eigenvalue weighted by molar-refractivity contribution is 0.581. The number of nitrogens with two attached hydrogens (primary N) is 1. The van der Waals surface area contributed by atoms with Crippen molar-refractivity contribution < 1.29 is 4.39 Å². The van der Waals surface area contributed by atoms with Gasteiger partial charge in [0.2, 0.25) is 5.95 Å². The number of nitriles is 1. The van der Waals surface area contributed by atoms with Crippen LogP contribution in [-0.2, 0) is 0 Å². The average Bonchev–Trinajstić information content (AvgIpc) is 3.00. The molecular formula is C15H14FN7. The third kappa shape index (κ3) is 2.23. The number of imidazole rings is 1. The highest BCUT2D eigenvalue weighted by molar-refractivity contribution is 5.91. The number of hydrogen-bond donors (Lipinski definition) is 2. The molecule has 3 rings (SSSR count). The fourth-order valence-corrected chi connectivity index (χ4v) is 2.65. The number of nitrogens with zero attached hydrogens (tertiary/aromatic N) is 5. The summed E-state index contributed by atoms with van der Waals surface area (Å²) in [5, 5.41) is 8.87. The normalized spacial score (nSPS) is 10.7. The van der Waals surface area contributed by atoms with Crippen molar-refractivity contribution in [1.29, 1.82) is 5.26 Å². The number of nitrogen functional groups attached to an aromatic ring is 1. The zero-order valence-electron chi connectivity index (χ0n) is 12.8. The van der Waals surface area contributed by atoms with Crippen molar-refractivity contribution in [3.8, 4) is 6.07 Å². The number of H-pyrrole nitrogens is 1. The molecule has 23 heavy (non-hydrogen) atoms. The van der Waals surface area contributed by atoms with Crippen LogP contribution in [0.25, 0.3) is 11.0 Å². The van der Waals surface area contributed by atoms with Crippen molar-refractivity contribution >= 4 is 28.4 Å². The smallest absolute Gasteiger partial charge is 0.238 e. The molecule has 3 aromatic heterocycles. The Morgan fingerprint density at radius 2 is 2.09 bits per heavy atom. The summed E-state index contributed by atoms with van der Waals surface area (Å²) in [6.45, 7) is 3.55. The van der Waals surface area contributed by atoms with E-state index >= 15 is 0 Å². The summed E-state index contributed by atoms with van der Waals surface area (Å²) in [7, 11) is 1.67. The molecule has 0 aromatic carbocycles. The van der Waals surface area contributed by atoms with Crippen LogP contribution in [0.2, 0.25) is 0 Å². The molecule has 0 fully saturated rings. The molecular weight excluding hydrogens is 297 g/mol. The molecule has 0 unspecified atom stereocenters. The number of rotatable bonds is 2. The number of halogens is 1. The lowest BCUT2D eigenvalue weighted by Crippen LogP contribution is -2.17. The molecule has 0 aliphatic carbocycles. The first-order valence-electron chi connectivity index (χ1n) is 6.84. The lowest BCUT2D eigenvalue weighted by atomic mass is 10.1. The zero-order chi connectivity index (χ0) is 16.7. The molecule has 0 saturated heterocycles. The van der Waals surface area contributed by atoms with Gasteiger partial charge in [-0.15, -0.1) is 0 Å². The summed E-state index contributed by atoms with van der Waals surface area (Å²) in [6, 6.07) is 3.36. The Bertz CT molecular complexity index is 931. The van der Waals surface area contributed by atoms with E-state index < -0.39 is 5.95 Å². The number of nitrogens with one attached hydrogen (secondary N) is 1. The van der Waals surface area contributed by atoms with Gasteiger partial charge in [-0.3, -0.25) is 0 Å². The minimum Gasteiger partial charge on any atom is -0.382 e. The second-order valence-corrected chi connectivity index (χ2v) is 5.21. The summed E-state index contributed by atoms with van der Waals surface area (Å²) in [6.07, 6.45) is 1.54. The first kappa shape index (κ1) is 14.7. The van der Waals surface area contributed by atoms with Crippen LogP contribution < -0.4 is 10.6 Å². The molecule has 0 amide bonds. The van der Waals surface area contributed by atoms with E-state index in [1.807, 2.05) is 13.0 Å². The van der Waals surface area contributed by atoms with Crippen LogP contribution in [0, 0.1) is 31.1 Å². The minimum atomic E-state index is -0.731. The van der Waals surface area contributed by atoms with Gasteiger partial charge in [-0.1, -0.05) is 0 Å². The molecule has 0 aliphatic rings. The van der Waals surface area contributed by atoms with Crippen LogP contribution in [-0.4, -0.2) is 27.0 Å². The van der Waals surface area contributed by atoms with Crippen LogP contribution in [0.1, 0.15) is 16.8 Å². The molecule has 3 heterocycles. The third-order valence-electron chi connectivity index (χ3n) is 3.72. The maximum atomic E-state index is 14.3. The Hall–Kier alpha value is -3.21. The van der Waals surface area contributed by atoms with Gasteiger partial charge in [0.1, 0.15) is 28.8 Å². The number of hydrogen-bond acceptors (Lipinski definition) is 6. The van der Waals surface area contributed by atoms with Crippen molar-refractivity contribution in [3.63, 3.8) is 0 Å². The first-order valence-corrected chi connectivity index (χ1v) is 6.84. The minimum absolute atomic E-state index is 0.0316. The Labute approximate surface area is 131 Å². The van der Waals surface area contributed by atoms with Gasteiger partial charge in [-0.2, -0.15) is 9.65 Å². The molecule has 7 nitrogen and oxygen atoms in total. The van der Waals surface area contributed by atoms with Crippen LogP contribution >= 0.6 is 0 Å². The van der Waals surface area contributed by atoms with Crippen LogP contribution in [0.4, 0.5) is 21.7 Å². The summed E-state index contributed by atoms with van der Waals surface area (Å²) in [5.74, 6) is 0.0335. The van der Waals surface area contributed by atoms with Crippen molar-refractivity contribution in [3.05, 3.63) is 35.2 Å². The van der Waals surface area contributed by atoms with Gasteiger partial charge in [0.05, 0.1) is 11.8 Å². The van der Waals surface area contributed by atoms with Gasteiger partial charge in [0, 0.05) is 12.6 Å². The Morgan fingerprint density at radius 3 is 2.74 bits per heavy atom. The highest BCUT2D eigenvalue weighted by atomic mass is 19.1. The van der Waals surface area contributed by atoms with Crippen molar-refractivity contribution in [2.45, 2.75) is 13.8 Å². The number of anilines is 3. The van der Waals surface area contributed by atoms with Gasteiger partial charge in [0.15, 0.2) is 5.82 Å². The highest BCUT2D eigenvalue weighted by Gasteiger charge is 2.20. The maximum Gasteiger partial charge on any atom is 0.238 e. The topological polar surface area (TPSA) is 108 Å². The van der Waals surface area contributed by atoms with E-state index in [2.05, 4.69) is 19.9 Å². The van der Waals surface area contributed by atoms with E-state index in [9.17, 15) is 4.39 Å². The number of fused-ring (bicyclic) bond motifs is 1. The van der Waals surface area contributed by atoms with E-state index in [4.69, 9.17) is 11.0 Å². The Morgan fingerprint density at radius 1 is 1.35 bits per heavy atom. The van der Waals surface area contributed by atoms with Crippen molar-refractivity contribution in [2.75, 3.05) is 17.7 Å². The largest absolute Gasteiger partial charge is 0.382 e. The van der Waals surface area contributed by atoms with E-state index in [0.29, 0.717) is 22.4 Å². The number of pyridine rings is 2. The molecule has 8 heteroatoms. The standard InChI is InChI=1S/C15H14FN7/c1-7-4-9(5-17)21-13(16)12(7)23(3)15-8(2)10-11(14(18)22-15)20-6-19-10/h4,6H,1-3H3,(H2,18,22)(H,19,20). The molecule has 0 bridgehead atoms.